The summed E-state index contributed by atoms with van der Waals surface area (Å²) in [6, 6.07) is 18.5. The maximum Gasteiger partial charge on any atom is 0.0991 e. The van der Waals surface area contributed by atoms with Crippen LogP contribution in [0.3, 0.4) is 0 Å². The van der Waals surface area contributed by atoms with E-state index >= 15 is 0 Å². The van der Waals surface area contributed by atoms with Crippen molar-refractivity contribution in [1.29, 1.82) is 5.26 Å². The van der Waals surface area contributed by atoms with E-state index in [0.717, 1.165) is 13.0 Å². The molecule has 0 aliphatic carbocycles. The molecule has 4 aromatic rings. The molecule has 3 heterocycles. The second-order valence-corrected chi connectivity index (χ2v) is 7.86. The van der Waals surface area contributed by atoms with Crippen LogP contribution in [0.4, 0.5) is 0 Å². The minimum absolute atomic E-state index is 0.692. The van der Waals surface area contributed by atoms with Crippen LogP contribution in [0, 0.1) is 11.3 Å². The second-order valence-electron chi connectivity index (χ2n) is 5.74. The number of thiophene rings is 2. The highest BCUT2D eigenvalue weighted by Gasteiger charge is 2.08. The van der Waals surface area contributed by atoms with Gasteiger partial charge in [-0.2, -0.15) is 5.26 Å². The van der Waals surface area contributed by atoms with Crippen molar-refractivity contribution >= 4 is 22.7 Å². The van der Waals surface area contributed by atoms with E-state index in [1.165, 1.54) is 25.9 Å². The zero-order valence-electron chi connectivity index (χ0n) is 13.4. The number of hydrogen-bond donors (Lipinski definition) is 0. The van der Waals surface area contributed by atoms with Crippen molar-refractivity contribution in [3.8, 4) is 15.8 Å². The van der Waals surface area contributed by atoms with Crippen LogP contribution >= 0.6 is 22.7 Å². The van der Waals surface area contributed by atoms with Gasteiger partial charge in [0.05, 0.1) is 24.5 Å². The Morgan fingerprint density at radius 2 is 1.92 bits per heavy atom. The molecule has 0 aliphatic heterocycles. The minimum atomic E-state index is 0.692. The number of aromatic nitrogens is 2. The highest BCUT2D eigenvalue weighted by Crippen LogP contribution is 2.32. The topological polar surface area (TPSA) is 41.6 Å². The van der Waals surface area contributed by atoms with Gasteiger partial charge in [0.25, 0.3) is 0 Å². The average molecular weight is 361 g/mol. The molecule has 0 fully saturated rings. The van der Waals surface area contributed by atoms with Crippen molar-refractivity contribution in [2.24, 2.45) is 0 Å². The molecule has 122 valence electrons. The summed E-state index contributed by atoms with van der Waals surface area (Å²) >= 11 is 3.61. The van der Waals surface area contributed by atoms with E-state index in [1.54, 1.807) is 11.3 Å². The van der Waals surface area contributed by atoms with Crippen LogP contribution in [0.1, 0.15) is 21.7 Å². The third-order valence-corrected chi connectivity index (χ3v) is 6.15. The van der Waals surface area contributed by atoms with Crippen molar-refractivity contribution in [1.82, 2.24) is 9.55 Å². The van der Waals surface area contributed by atoms with E-state index < -0.39 is 0 Å². The summed E-state index contributed by atoms with van der Waals surface area (Å²) in [7, 11) is 0. The van der Waals surface area contributed by atoms with Crippen molar-refractivity contribution in [3.63, 3.8) is 0 Å². The molecule has 4 rings (SSSR count). The van der Waals surface area contributed by atoms with Crippen LogP contribution in [-0.2, 0) is 13.0 Å². The maximum atomic E-state index is 8.90. The molecule has 0 bridgehead atoms. The first kappa shape index (κ1) is 15.8. The summed E-state index contributed by atoms with van der Waals surface area (Å²) in [5.74, 6) is 0. The maximum absolute atomic E-state index is 8.90. The lowest BCUT2D eigenvalue weighted by molar-refractivity contribution is 0.763. The smallest absolute Gasteiger partial charge is 0.0991 e. The Morgan fingerprint density at radius 3 is 2.68 bits per heavy atom. The molecule has 1 aromatic carbocycles. The molecule has 0 aliphatic rings. The van der Waals surface area contributed by atoms with Gasteiger partial charge in [-0.05, 0) is 41.3 Å². The third kappa shape index (κ3) is 3.55. The molecular weight excluding hydrogens is 346 g/mol. The number of nitriles is 1. The SMILES string of the molecule is N#Cc1ccc(Cc2cncn2Cc2ccc(-c3cccs3)s2)cc1. The molecule has 0 amide bonds. The van der Waals surface area contributed by atoms with Crippen LogP contribution in [0.2, 0.25) is 0 Å². The predicted octanol–water partition coefficient (Wildman–Crippen LogP) is 5.18. The first-order chi connectivity index (χ1) is 12.3. The molecule has 0 saturated carbocycles. The molecule has 0 unspecified atom stereocenters. The molecule has 0 spiro atoms. The molecule has 0 N–H and O–H groups in total. The first-order valence-electron chi connectivity index (χ1n) is 7.92. The normalized spacial score (nSPS) is 10.7. The van der Waals surface area contributed by atoms with Crippen LogP contribution in [0.15, 0.2) is 66.4 Å². The fourth-order valence-electron chi connectivity index (χ4n) is 2.73. The number of hydrogen-bond acceptors (Lipinski definition) is 4. The van der Waals surface area contributed by atoms with Crippen LogP contribution in [0.5, 0.6) is 0 Å². The van der Waals surface area contributed by atoms with Crippen LogP contribution < -0.4 is 0 Å². The Hall–Kier alpha value is -2.68. The van der Waals surface area contributed by atoms with Crippen molar-refractivity contribution < 1.29 is 0 Å². The molecular formula is C20H15N3S2. The van der Waals surface area contributed by atoms with E-state index in [2.05, 4.69) is 45.3 Å². The highest BCUT2D eigenvalue weighted by molar-refractivity contribution is 7.21. The van der Waals surface area contributed by atoms with E-state index in [0.29, 0.717) is 5.56 Å². The molecule has 25 heavy (non-hydrogen) atoms. The molecule has 3 aromatic heterocycles. The van der Waals surface area contributed by atoms with E-state index in [9.17, 15) is 0 Å². The van der Waals surface area contributed by atoms with Gasteiger partial charge in [0.2, 0.25) is 0 Å². The minimum Gasteiger partial charge on any atom is -0.329 e. The van der Waals surface area contributed by atoms with Gasteiger partial charge in [0.15, 0.2) is 0 Å². The van der Waals surface area contributed by atoms with Gasteiger partial charge in [-0.1, -0.05) is 18.2 Å². The number of imidazole rings is 1. The largest absolute Gasteiger partial charge is 0.329 e. The highest BCUT2D eigenvalue weighted by atomic mass is 32.1. The Kier molecular flexibility index (Phi) is 4.47. The molecule has 0 atom stereocenters. The third-order valence-electron chi connectivity index (χ3n) is 4.02. The molecule has 3 nitrogen and oxygen atoms in total. The standard InChI is InChI=1S/C20H15N3S2/c21-11-16-5-3-15(4-6-16)10-17-12-22-14-23(17)13-18-7-8-20(25-18)19-2-1-9-24-19/h1-9,12,14H,10,13H2. The Labute approximate surface area is 154 Å². The van der Waals surface area contributed by atoms with Crippen LogP contribution in [-0.4, -0.2) is 9.55 Å². The lowest BCUT2D eigenvalue weighted by Gasteiger charge is -2.07. The molecule has 0 radical (unpaired) electrons. The summed E-state index contributed by atoms with van der Waals surface area (Å²) in [5.41, 5.74) is 3.05. The first-order valence-corrected chi connectivity index (χ1v) is 9.62. The van der Waals surface area contributed by atoms with Crippen LogP contribution in [0.25, 0.3) is 9.75 Å². The van der Waals surface area contributed by atoms with Gasteiger partial charge in [-0.25, -0.2) is 4.98 Å². The van der Waals surface area contributed by atoms with Gasteiger partial charge in [0.1, 0.15) is 0 Å². The van der Waals surface area contributed by atoms with Gasteiger partial charge >= 0.3 is 0 Å². The quantitative estimate of drug-likeness (QED) is 0.491. The number of benzene rings is 1. The summed E-state index contributed by atoms with van der Waals surface area (Å²) in [4.78, 5) is 8.28. The lowest BCUT2D eigenvalue weighted by atomic mass is 10.1. The van der Waals surface area contributed by atoms with E-state index in [-0.39, 0.29) is 0 Å². The zero-order valence-corrected chi connectivity index (χ0v) is 15.1. The monoisotopic (exact) mass is 361 g/mol. The van der Waals surface area contributed by atoms with Gasteiger partial charge in [-0.15, -0.1) is 22.7 Å². The molecule has 5 heteroatoms. The Morgan fingerprint density at radius 1 is 1.04 bits per heavy atom. The lowest BCUT2D eigenvalue weighted by Crippen LogP contribution is -2.02. The van der Waals surface area contributed by atoms with Crippen molar-refractivity contribution in [3.05, 3.63) is 88.1 Å². The summed E-state index contributed by atoms with van der Waals surface area (Å²) in [6.07, 6.45) is 4.63. The fraction of sp³-hybridized carbons (Fsp3) is 0.100. The summed E-state index contributed by atoms with van der Waals surface area (Å²) in [5, 5.41) is 11.0. The van der Waals surface area contributed by atoms with Crippen molar-refractivity contribution in [2.75, 3.05) is 0 Å². The summed E-state index contributed by atoms with van der Waals surface area (Å²) < 4.78 is 2.20. The summed E-state index contributed by atoms with van der Waals surface area (Å²) in [6.45, 7) is 0.835. The Balaban J connectivity index is 1.51. The van der Waals surface area contributed by atoms with Gasteiger partial charge in [0, 0.05) is 32.9 Å². The number of rotatable bonds is 5. The average Bonchev–Trinajstić information content (AvgIpc) is 3.38. The Bertz CT molecular complexity index is 1000. The number of nitrogens with zero attached hydrogens (tertiary/aromatic N) is 3. The second kappa shape index (κ2) is 7.06. The molecule has 0 saturated heterocycles. The fourth-order valence-corrected chi connectivity index (χ4v) is 4.57. The van der Waals surface area contributed by atoms with Crippen molar-refractivity contribution in [2.45, 2.75) is 13.0 Å². The zero-order chi connectivity index (χ0) is 17.1. The van der Waals surface area contributed by atoms with E-state index in [4.69, 9.17) is 5.26 Å². The van der Waals surface area contributed by atoms with E-state index in [1.807, 2.05) is 48.1 Å². The van der Waals surface area contributed by atoms with Gasteiger partial charge < -0.3 is 4.57 Å². The predicted molar refractivity (Wildman–Crippen MR) is 103 cm³/mol. The van der Waals surface area contributed by atoms with Gasteiger partial charge in [-0.3, -0.25) is 0 Å².